The standard InChI is InChI=1S/C12H36BN3Si4/c1-17(2,3)15(18(4,5)6)13-12-20(10,11)16(14-13)19(7,8)9/h14H,12H2,1-11H3. The molecule has 1 rings (SSSR count). The van der Waals surface area contributed by atoms with Gasteiger partial charge in [-0.1, -0.05) is 72.0 Å². The minimum absolute atomic E-state index is 0.599. The van der Waals surface area contributed by atoms with Crippen molar-refractivity contribution in [1.82, 2.24) is 13.8 Å². The van der Waals surface area contributed by atoms with E-state index in [0.717, 1.165) is 0 Å². The highest BCUT2D eigenvalue weighted by molar-refractivity contribution is 7.05. The molecular weight excluding hydrogens is 309 g/mol. The molecule has 0 spiro atoms. The van der Waals surface area contributed by atoms with Crippen LogP contribution in [0.1, 0.15) is 0 Å². The Hall–Kier alpha value is 0.812. The molecule has 0 atom stereocenters. The summed E-state index contributed by atoms with van der Waals surface area (Å²) >= 11 is 0. The third-order valence-corrected chi connectivity index (χ3v) is 19.6. The van der Waals surface area contributed by atoms with Gasteiger partial charge < -0.3 is 4.14 Å². The lowest BCUT2D eigenvalue weighted by molar-refractivity contribution is 0.582. The van der Waals surface area contributed by atoms with Gasteiger partial charge in [0, 0.05) is 0 Å². The first-order valence-corrected chi connectivity index (χ1v) is 21.4. The summed E-state index contributed by atoms with van der Waals surface area (Å²) in [5.74, 6) is 1.38. The fourth-order valence-corrected chi connectivity index (χ4v) is 24.7. The lowest BCUT2D eigenvalue weighted by Gasteiger charge is -2.47. The van der Waals surface area contributed by atoms with Gasteiger partial charge in [-0.2, -0.15) is 0 Å². The summed E-state index contributed by atoms with van der Waals surface area (Å²) in [5, 5.41) is 3.99. The predicted octanol–water partition coefficient (Wildman–Crippen LogP) is 3.85. The van der Waals surface area contributed by atoms with Crippen molar-refractivity contribution in [1.29, 1.82) is 0 Å². The van der Waals surface area contributed by atoms with E-state index in [-0.39, 0.29) is 0 Å². The van der Waals surface area contributed by atoms with Crippen molar-refractivity contribution in [3.8, 4) is 0 Å². The molecule has 1 N–H and O–H groups in total. The number of nitrogens with zero attached hydrogens (tertiary/aromatic N) is 2. The fourth-order valence-electron chi connectivity index (χ4n) is 4.13. The summed E-state index contributed by atoms with van der Waals surface area (Å²) in [5.41, 5.74) is 0. The Morgan fingerprint density at radius 1 is 0.900 bits per heavy atom. The van der Waals surface area contributed by atoms with Gasteiger partial charge in [0.2, 0.25) is 0 Å². The second kappa shape index (κ2) is 5.47. The van der Waals surface area contributed by atoms with Crippen LogP contribution in [0.2, 0.25) is 78.0 Å². The lowest BCUT2D eigenvalue weighted by atomic mass is 9.84. The van der Waals surface area contributed by atoms with Crippen LogP contribution in [0.4, 0.5) is 0 Å². The maximum Gasteiger partial charge on any atom is 0.305 e. The number of hydrogen-bond acceptors (Lipinski definition) is 3. The van der Waals surface area contributed by atoms with Gasteiger partial charge in [-0.05, 0) is 5.94 Å². The van der Waals surface area contributed by atoms with Crippen molar-refractivity contribution in [3.05, 3.63) is 0 Å². The van der Waals surface area contributed by atoms with E-state index in [1.54, 1.807) is 0 Å². The number of nitrogens with one attached hydrogen (secondary N) is 1. The summed E-state index contributed by atoms with van der Waals surface area (Å²) in [4.78, 5) is 0. The maximum atomic E-state index is 3.99. The van der Waals surface area contributed by atoms with Gasteiger partial charge >= 0.3 is 6.98 Å². The Kier molecular flexibility index (Phi) is 5.16. The predicted molar refractivity (Wildman–Crippen MR) is 105 cm³/mol. The van der Waals surface area contributed by atoms with Gasteiger partial charge in [0.15, 0.2) is 0 Å². The molecule has 0 amide bonds. The van der Waals surface area contributed by atoms with Crippen molar-refractivity contribution in [2.75, 3.05) is 0 Å². The fraction of sp³-hybridized carbons (Fsp3) is 1.00. The van der Waals surface area contributed by atoms with Gasteiger partial charge in [0.1, 0.15) is 32.9 Å². The summed E-state index contributed by atoms with van der Waals surface area (Å²) in [7, 11) is -5.17. The van der Waals surface area contributed by atoms with Crippen molar-refractivity contribution in [2.45, 2.75) is 78.0 Å². The Morgan fingerprint density at radius 3 is 1.55 bits per heavy atom. The quantitative estimate of drug-likeness (QED) is 0.781. The van der Waals surface area contributed by atoms with Crippen LogP contribution in [0, 0.1) is 0 Å². The summed E-state index contributed by atoms with van der Waals surface area (Å²) in [6.45, 7) is 28.2. The zero-order valence-electron chi connectivity index (χ0n) is 15.7. The molecule has 118 valence electrons. The van der Waals surface area contributed by atoms with Gasteiger partial charge in [-0.3, -0.25) is 9.68 Å². The first kappa shape index (κ1) is 18.9. The molecule has 1 heterocycles. The minimum atomic E-state index is -1.30. The van der Waals surface area contributed by atoms with E-state index in [2.05, 4.69) is 85.8 Å². The summed E-state index contributed by atoms with van der Waals surface area (Å²) < 4.78 is 5.72. The van der Waals surface area contributed by atoms with Gasteiger partial charge in [0.05, 0.1) is 0 Å². The van der Waals surface area contributed by atoms with Crippen LogP contribution in [0.5, 0.6) is 0 Å². The van der Waals surface area contributed by atoms with Crippen LogP contribution in [0.3, 0.4) is 0 Å². The topological polar surface area (TPSA) is 18.5 Å². The first-order chi connectivity index (χ1) is 8.57. The molecule has 0 aromatic carbocycles. The van der Waals surface area contributed by atoms with E-state index >= 15 is 0 Å². The van der Waals surface area contributed by atoms with E-state index in [1.165, 1.54) is 5.94 Å². The summed E-state index contributed by atoms with van der Waals surface area (Å²) in [6.07, 6.45) is 0. The molecule has 1 saturated heterocycles. The van der Waals surface area contributed by atoms with E-state index in [0.29, 0.717) is 6.98 Å². The molecule has 1 aliphatic rings. The normalized spacial score (nSPS) is 21.9. The highest BCUT2D eigenvalue weighted by atomic mass is 28.4. The zero-order valence-corrected chi connectivity index (χ0v) is 19.7. The molecule has 1 fully saturated rings. The van der Waals surface area contributed by atoms with Gasteiger partial charge in [-0.25, -0.2) is 0 Å². The Labute approximate surface area is 131 Å². The third-order valence-electron chi connectivity index (χ3n) is 4.00. The molecule has 0 aliphatic carbocycles. The number of hydrazine groups is 1. The smallest absolute Gasteiger partial charge is 0.305 e. The lowest BCUT2D eigenvalue weighted by Crippen LogP contribution is -2.70. The van der Waals surface area contributed by atoms with Gasteiger partial charge in [0.25, 0.3) is 0 Å². The SMILES string of the molecule is C[Si](C)(C)N(B1C[Si](C)(C)N([Si](C)(C)C)N1)[Si](C)(C)C. The molecule has 8 heteroatoms. The molecule has 0 aromatic heterocycles. The monoisotopic (exact) mass is 345 g/mol. The molecule has 0 bridgehead atoms. The molecule has 20 heavy (non-hydrogen) atoms. The first-order valence-electron chi connectivity index (χ1n) is 7.93. The Balaban J connectivity index is 3.10. The molecule has 3 nitrogen and oxygen atoms in total. The molecule has 1 aliphatic heterocycles. The minimum Gasteiger partial charge on any atom is -0.373 e. The average Bonchev–Trinajstić information content (AvgIpc) is 2.33. The third kappa shape index (κ3) is 4.17. The van der Waals surface area contributed by atoms with Crippen molar-refractivity contribution < 1.29 is 0 Å². The molecule has 0 radical (unpaired) electrons. The number of rotatable bonds is 4. The van der Waals surface area contributed by atoms with Crippen LogP contribution >= 0.6 is 0 Å². The second-order valence-electron chi connectivity index (χ2n) is 9.88. The Bertz CT molecular complexity index is 343. The molecule has 0 aromatic rings. The summed E-state index contributed by atoms with van der Waals surface area (Å²) in [6, 6.07) is 0. The Morgan fingerprint density at radius 2 is 1.30 bits per heavy atom. The van der Waals surface area contributed by atoms with Crippen LogP contribution in [0.15, 0.2) is 0 Å². The van der Waals surface area contributed by atoms with E-state index in [9.17, 15) is 0 Å². The maximum absolute atomic E-state index is 3.99. The van der Waals surface area contributed by atoms with Crippen LogP contribution in [0.25, 0.3) is 0 Å². The van der Waals surface area contributed by atoms with Crippen LogP contribution in [-0.4, -0.2) is 48.4 Å². The average molecular weight is 346 g/mol. The second-order valence-corrected chi connectivity index (χ2v) is 29.7. The molecule has 0 saturated carbocycles. The van der Waals surface area contributed by atoms with Crippen molar-refractivity contribution in [2.24, 2.45) is 0 Å². The van der Waals surface area contributed by atoms with Crippen molar-refractivity contribution in [3.63, 3.8) is 0 Å². The number of hydrogen-bond donors (Lipinski definition) is 1. The van der Waals surface area contributed by atoms with E-state index in [4.69, 9.17) is 0 Å². The van der Waals surface area contributed by atoms with Gasteiger partial charge in [-0.15, -0.1) is 0 Å². The highest BCUT2D eigenvalue weighted by Crippen LogP contribution is 2.32. The van der Waals surface area contributed by atoms with Crippen molar-refractivity contribution >= 4 is 39.9 Å². The molecular formula is C12H36BN3Si4. The highest BCUT2D eigenvalue weighted by Gasteiger charge is 2.53. The van der Waals surface area contributed by atoms with Crippen LogP contribution in [-0.2, 0) is 0 Å². The van der Waals surface area contributed by atoms with E-state index in [1.807, 2.05) is 0 Å². The largest absolute Gasteiger partial charge is 0.373 e. The van der Waals surface area contributed by atoms with Crippen LogP contribution < -0.4 is 5.34 Å². The molecule has 0 unspecified atom stereocenters. The zero-order chi connectivity index (χ0) is 16.1. The van der Waals surface area contributed by atoms with E-state index < -0.39 is 32.9 Å².